The molecule has 5 aliphatic carbocycles. The van der Waals surface area contributed by atoms with Crippen LogP contribution in [0.1, 0.15) is 113 Å². The zero-order chi connectivity index (χ0) is 25.8. The van der Waals surface area contributed by atoms with E-state index in [1.807, 2.05) is 0 Å². The fourth-order valence-corrected chi connectivity index (χ4v) is 12.1. The molecular weight excluding hydrogens is 432 g/mol. The Hall–Kier alpha value is -0.830. The molecule has 0 aromatic heterocycles. The van der Waals surface area contributed by atoms with Crippen molar-refractivity contribution in [3.8, 4) is 0 Å². The Morgan fingerprint density at radius 2 is 1.57 bits per heavy atom. The zero-order valence-electron chi connectivity index (χ0n) is 23.9. The number of allylic oxidation sites excluding steroid dienone is 1. The normalized spacial score (nSPS) is 54.6. The summed E-state index contributed by atoms with van der Waals surface area (Å²) in [7, 11) is 0. The quantitative estimate of drug-likeness (QED) is 0.325. The molecule has 5 rings (SSSR count). The minimum atomic E-state index is -0.348. The lowest BCUT2D eigenvalue weighted by Crippen LogP contribution is -2.69. The third-order valence-electron chi connectivity index (χ3n) is 13.6. The van der Waals surface area contributed by atoms with E-state index in [9.17, 15) is 9.90 Å². The highest BCUT2D eigenvalue weighted by atomic mass is 16.5. The summed E-state index contributed by atoms with van der Waals surface area (Å²) in [5.41, 5.74) is 2.10. The lowest BCUT2D eigenvalue weighted by molar-refractivity contribution is -0.276. The zero-order valence-corrected chi connectivity index (χ0v) is 23.9. The maximum absolute atomic E-state index is 12.0. The van der Waals surface area contributed by atoms with Gasteiger partial charge < -0.3 is 9.84 Å². The first-order chi connectivity index (χ1) is 16.1. The fourth-order valence-electron chi connectivity index (χ4n) is 12.1. The molecule has 0 aromatic rings. The van der Waals surface area contributed by atoms with Gasteiger partial charge in [0.25, 0.3) is 0 Å². The Kier molecular flexibility index (Phi) is 5.78. The van der Waals surface area contributed by atoms with Crippen LogP contribution in [0.25, 0.3) is 0 Å². The van der Waals surface area contributed by atoms with Crippen LogP contribution in [0.2, 0.25) is 0 Å². The maximum atomic E-state index is 12.0. The van der Waals surface area contributed by atoms with Gasteiger partial charge in [-0.15, -0.1) is 0 Å². The molecule has 0 saturated heterocycles. The Morgan fingerprint density at radius 3 is 2.20 bits per heavy atom. The number of fused-ring (bicyclic) bond motifs is 7. The fraction of sp³-hybridized carbons (Fsp3) is 0.906. The molecule has 198 valence electrons. The van der Waals surface area contributed by atoms with Gasteiger partial charge in [0.1, 0.15) is 6.10 Å². The lowest BCUT2D eigenvalue weighted by Gasteiger charge is -2.73. The summed E-state index contributed by atoms with van der Waals surface area (Å²) in [6.45, 7) is 23.1. The molecule has 0 heterocycles. The van der Waals surface area contributed by atoms with Crippen LogP contribution < -0.4 is 0 Å². The predicted molar refractivity (Wildman–Crippen MR) is 142 cm³/mol. The molecule has 1 N–H and O–H groups in total. The van der Waals surface area contributed by atoms with Gasteiger partial charge in [-0.2, -0.15) is 0 Å². The van der Waals surface area contributed by atoms with Gasteiger partial charge in [0.15, 0.2) is 0 Å². The van der Waals surface area contributed by atoms with Gasteiger partial charge in [-0.25, -0.2) is 0 Å². The number of hydrogen-bond acceptors (Lipinski definition) is 3. The summed E-state index contributed by atoms with van der Waals surface area (Å²) in [5, 5.41) is 12.0. The number of carbonyl (C=O) groups excluding carboxylic acids is 1. The van der Waals surface area contributed by atoms with Crippen LogP contribution in [0.4, 0.5) is 0 Å². The maximum Gasteiger partial charge on any atom is 0.302 e. The molecule has 5 fully saturated rings. The number of ether oxygens (including phenoxy) is 1. The highest BCUT2D eigenvalue weighted by Gasteiger charge is 2.72. The number of rotatable bonds is 2. The van der Waals surface area contributed by atoms with Gasteiger partial charge in [0.2, 0.25) is 0 Å². The summed E-state index contributed by atoms with van der Waals surface area (Å²) in [5.74, 6) is 2.72. The first kappa shape index (κ1) is 25.8. The van der Waals surface area contributed by atoms with Crippen LogP contribution in [-0.4, -0.2) is 23.3 Å². The molecule has 0 unspecified atom stereocenters. The monoisotopic (exact) mass is 484 g/mol. The number of aliphatic hydroxyl groups excluding tert-OH is 1. The van der Waals surface area contributed by atoms with Crippen molar-refractivity contribution in [3.63, 3.8) is 0 Å². The molecular formula is C32H52O3. The Morgan fingerprint density at radius 1 is 0.886 bits per heavy atom. The van der Waals surface area contributed by atoms with Gasteiger partial charge in [0.05, 0.1) is 6.10 Å². The largest absolute Gasteiger partial charge is 0.462 e. The Labute approximate surface area is 214 Å². The second-order valence-corrected chi connectivity index (χ2v) is 15.5. The van der Waals surface area contributed by atoms with Crippen LogP contribution >= 0.6 is 0 Å². The highest BCUT2D eigenvalue weighted by molar-refractivity contribution is 5.66. The summed E-state index contributed by atoms with van der Waals surface area (Å²) in [4.78, 5) is 11.9. The molecule has 0 radical (unpaired) electrons. The van der Waals surface area contributed by atoms with Gasteiger partial charge >= 0.3 is 5.97 Å². The van der Waals surface area contributed by atoms with Crippen LogP contribution in [0.5, 0.6) is 0 Å². The van der Waals surface area contributed by atoms with E-state index in [4.69, 9.17) is 4.74 Å². The van der Waals surface area contributed by atoms with E-state index in [0.717, 1.165) is 31.1 Å². The molecule has 5 saturated carbocycles. The molecule has 0 aromatic carbocycles. The van der Waals surface area contributed by atoms with E-state index in [2.05, 4.69) is 55.0 Å². The SMILES string of the molecule is C=C(C)[C@@H]1CC[C@]2(C)CC[C@]3(C)[C@H](CC[C@H]4[C@@]5(C)CC[C@H](OC(C)=O)C(C)(C)[C@@H]5[C@@H](O)C[C@]43C)[C@H]12. The highest BCUT2D eigenvalue weighted by Crippen LogP contribution is 2.77. The minimum absolute atomic E-state index is 0.0741. The molecule has 0 amide bonds. The van der Waals surface area contributed by atoms with E-state index >= 15 is 0 Å². The molecule has 3 nitrogen and oxygen atoms in total. The Bertz CT molecular complexity index is 906. The number of carbonyl (C=O) groups is 1. The van der Waals surface area contributed by atoms with Crippen molar-refractivity contribution in [2.45, 2.75) is 125 Å². The van der Waals surface area contributed by atoms with Crippen molar-refractivity contribution in [2.24, 2.45) is 56.7 Å². The molecule has 5 aliphatic rings. The van der Waals surface area contributed by atoms with Crippen LogP contribution in [0.15, 0.2) is 12.2 Å². The second kappa shape index (κ2) is 7.84. The first-order valence-electron chi connectivity index (χ1n) is 14.6. The van der Waals surface area contributed by atoms with Crippen LogP contribution in [0.3, 0.4) is 0 Å². The molecule has 11 atom stereocenters. The molecule has 0 bridgehead atoms. The third-order valence-corrected chi connectivity index (χ3v) is 13.6. The standard InChI is InChI=1S/C32H52O3/c1-19(2)21-12-14-29(6)16-17-31(8)22(26(21)29)10-11-24-30(7)15-13-25(35-20(3)33)28(4,5)27(30)23(34)18-32(24,31)9/h21-27,34H,1,10-18H2,2-9H3/t21-,22+,23-,24-,25-,26-,27-,29+,30+,31+,32+/m0/s1. The van der Waals surface area contributed by atoms with Crippen molar-refractivity contribution in [2.75, 3.05) is 0 Å². The molecule has 3 heteroatoms. The van der Waals surface area contributed by atoms with Gasteiger partial charge in [-0.1, -0.05) is 53.7 Å². The number of hydrogen-bond donors (Lipinski definition) is 1. The third kappa shape index (κ3) is 3.28. The van der Waals surface area contributed by atoms with Crippen LogP contribution in [-0.2, 0) is 9.53 Å². The van der Waals surface area contributed by atoms with Gasteiger partial charge in [0, 0.05) is 12.3 Å². The second-order valence-electron chi connectivity index (χ2n) is 15.5. The topological polar surface area (TPSA) is 46.5 Å². The van der Waals surface area contributed by atoms with E-state index in [1.165, 1.54) is 51.0 Å². The summed E-state index contributed by atoms with van der Waals surface area (Å²) < 4.78 is 5.85. The summed E-state index contributed by atoms with van der Waals surface area (Å²) in [6.07, 6.45) is 10.3. The average Bonchev–Trinajstić information content (AvgIpc) is 3.08. The summed E-state index contributed by atoms with van der Waals surface area (Å²) >= 11 is 0. The van der Waals surface area contributed by atoms with E-state index in [1.54, 1.807) is 0 Å². The van der Waals surface area contributed by atoms with Crippen molar-refractivity contribution >= 4 is 5.97 Å². The number of esters is 1. The smallest absolute Gasteiger partial charge is 0.302 e. The Balaban J connectivity index is 1.54. The van der Waals surface area contributed by atoms with E-state index in [-0.39, 0.29) is 45.8 Å². The van der Waals surface area contributed by atoms with Crippen molar-refractivity contribution < 1.29 is 14.6 Å². The molecule has 0 aliphatic heterocycles. The first-order valence-corrected chi connectivity index (χ1v) is 14.6. The molecule has 35 heavy (non-hydrogen) atoms. The average molecular weight is 485 g/mol. The molecule has 0 spiro atoms. The van der Waals surface area contributed by atoms with Crippen molar-refractivity contribution in [1.82, 2.24) is 0 Å². The van der Waals surface area contributed by atoms with Crippen molar-refractivity contribution in [3.05, 3.63) is 12.2 Å². The van der Waals surface area contributed by atoms with Gasteiger partial charge in [-0.05, 0) is 116 Å². The van der Waals surface area contributed by atoms with Crippen molar-refractivity contribution in [1.29, 1.82) is 0 Å². The predicted octanol–water partition coefficient (Wildman–Crippen LogP) is 7.57. The van der Waals surface area contributed by atoms with E-state index < -0.39 is 0 Å². The lowest BCUT2D eigenvalue weighted by atomic mass is 9.32. The van der Waals surface area contributed by atoms with Gasteiger partial charge in [-0.3, -0.25) is 4.79 Å². The van der Waals surface area contributed by atoms with Crippen LogP contribution in [0, 0.1) is 56.7 Å². The number of aliphatic hydroxyl groups is 1. The minimum Gasteiger partial charge on any atom is -0.462 e. The van der Waals surface area contributed by atoms with E-state index in [0.29, 0.717) is 17.3 Å². The summed E-state index contributed by atoms with van der Waals surface area (Å²) in [6, 6.07) is 0.